The van der Waals surface area contributed by atoms with Gasteiger partial charge in [-0.05, 0) is 42.9 Å². The summed E-state index contributed by atoms with van der Waals surface area (Å²) in [7, 11) is 0. The van der Waals surface area contributed by atoms with Crippen LogP contribution in [-0.2, 0) is 5.60 Å². The molecule has 110 valence electrons. The number of hydrogen-bond donors (Lipinski definition) is 1. The monoisotopic (exact) mass is 288 g/mol. The maximum atomic E-state index is 14.0. The molecule has 0 bridgehead atoms. The zero-order valence-electron chi connectivity index (χ0n) is 11.9. The van der Waals surface area contributed by atoms with E-state index in [0.29, 0.717) is 11.5 Å². The highest BCUT2D eigenvalue weighted by atomic mass is 19.2. The molecule has 1 saturated carbocycles. The smallest absolute Gasteiger partial charge is 0.165 e. The van der Waals surface area contributed by atoms with Crippen LogP contribution < -0.4 is 0 Å². The zero-order valence-corrected chi connectivity index (χ0v) is 11.9. The molecule has 1 unspecified atom stereocenters. The Balaban J connectivity index is 2.03. The molecule has 0 aromatic heterocycles. The van der Waals surface area contributed by atoms with Gasteiger partial charge in [-0.15, -0.1) is 0 Å². The molecule has 1 nitrogen and oxygen atoms in total. The SMILES string of the molecule is CC(O)(c1cccc(C2CCC2)c1)c1cccc(F)c1F. The molecule has 2 aromatic carbocycles. The van der Waals surface area contributed by atoms with Crippen molar-refractivity contribution in [3.05, 3.63) is 70.8 Å². The Kier molecular flexibility index (Phi) is 3.54. The van der Waals surface area contributed by atoms with E-state index in [1.54, 1.807) is 6.07 Å². The summed E-state index contributed by atoms with van der Waals surface area (Å²) in [6, 6.07) is 11.5. The minimum absolute atomic E-state index is 0.0340. The van der Waals surface area contributed by atoms with Crippen molar-refractivity contribution in [2.24, 2.45) is 0 Å². The van der Waals surface area contributed by atoms with Crippen LogP contribution in [0.15, 0.2) is 42.5 Å². The minimum Gasteiger partial charge on any atom is -0.381 e. The first kappa shape index (κ1) is 14.2. The van der Waals surface area contributed by atoms with Crippen molar-refractivity contribution in [1.82, 2.24) is 0 Å². The van der Waals surface area contributed by atoms with Crippen LogP contribution in [0.5, 0.6) is 0 Å². The summed E-state index contributed by atoms with van der Waals surface area (Å²) in [6.07, 6.45) is 3.53. The van der Waals surface area contributed by atoms with E-state index < -0.39 is 17.2 Å². The Morgan fingerprint density at radius 2 is 1.81 bits per heavy atom. The third-order valence-corrected chi connectivity index (χ3v) is 4.50. The Bertz CT molecular complexity index is 660. The fourth-order valence-corrected chi connectivity index (χ4v) is 2.87. The Hall–Kier alpha value is -1.74. The lowest BCUT2D eigenvalue weighted by Gasteiger charge is -2.29. The van der Waals surface area contributed by atoms with Crippen molar-refractivity contribution in [1.29, 1.82) is 0 Å². The topological polar surface area (TPSA) is 20.2 Å². The maximum absolute atomic E-state index is 14.0. The van der Waals surface area contributed by atoms with Crippen molar-refractivity contribution < 1.29 is 13.9 Å². The first-order valence-electron chi connectivity index (χ1n) is 7.27. The largest absolute Gasteiger partial charge is 0.381 e. The second kappa shape index (κ2) is 5.23. The summed E-state index contributed by atoms with van der Waals surface area (Å²) in [5.74, 6) is -1.41. The van der Waals surface area contributed by atoms with Gasteiger partial charge in [0, 0.05) is 5.56 Å². The Morgan fingerprint density at radius 1 is 1.10 bits per heavy atom. The van der Waals surface area contributed by atoms with Gasteiger partial charge in [-0.1, -0.05) is 42.8 Å². The summed E-state index contributed by atoms with van der Waals surface area (Å²) < 4.78 is 27.4. The van der Waals surface area contributed by atoms with Crippen molar-refractivity contribution in [3.8, 4) is 0 Å². The van der Waals surface area contributed by atoms with Gasteiger partial charge in [0.2, 0.25) is 0 Å². The number of hydrogen-bond acceptors (Lipinski definition) is 1. The second-order valence-corrected chi connectivity index (χ2v) is 5.93. The van der Waals surface area contributed by atoms with E-state index in [0.717, 1.165) is 24.5 Å². The van der Waals surface area contributed by atoms with Crippen LogP contribution >= 0.6 is 0 Å². The average Bonchev–Trinajstić information content (AvgIpc) is 2.40. The molecule has 0 radical (unpaired) electrons. The van der Waals surface area contributed by atoms with Crippen LogP contribution in [0, 0.1) is 11.6 Å². The lowest BCUT2D eigenvalue weighted by Crippen LogP contribution is -2.25. The molecule has 2 aromatic rings. The number of aliphatic hydroxyl groups is 1. The minimum atomic E-state index is -1.55. The van der Waals surface area contributed by atoms with Crippen LogP contribution in [0.3, 0.4) is 0 Å². The number of halogens is 2. The molecule has 3 rings (SSSR count). The van der Waals surface area contributed by atoms with E-state index in [2.05, 4.69) is 0 Å². The van der Waals surface area contributed by atoms with E-state index in [-0.39, 0.29) is 5.56 Å². The van der Waals surface area contributed by atoms with Gasteiger partial charge < -0.3 is 5.11 Å². The van der Waals surface area contributed by atoms with Gasteiger partial charge in [0.25, 0.3) is 0 Å². The van der Waals surface area contributed by atoms with Crippen molar-refractivity contribution in [2.75, 3.05) is 0 Å². The van der Waals surface area contributed by atoms with E-state index in [4.69, 9.17) is 0 Å². The van der Waals surface area contributed by atoms with Gasteiger partial charge >= 0.3 is 0 Å². The van der Waals surface area contributed by atoms with Gasteiger partial charge in [-0.25, -0.2) is 8.78 Å². The second-order valence-electron chi connectivity index (χ2n) is 5.93. The molecule has 1 atom stereocenters. The molecule has 3 heteroatoms. The quantitative estimate of drug-likeness (QED) is 0.882. The maximum Gasteiger partial charge on any atom is 0.165 e. The summed E-state index contributed by atoms with van der Waals surface area (Å²) in [6.45, 7) is 1.50. The van der Waals surface area contributed by atoms with E-state index in [9.17, 15) is 13.9 Å². The zero-order chi connectivity index (χ0) is 15.0. The van der Waals surface area contributed by atoms with Gasteiger partial charge in [0.15, 0.2) is 11.6 Å². The molecule has 21 heavy (non-hydrogen) atoms. The molecular formula is C18H18F2O. The molecular weight excluding hydrogens is 270 g/mol. The van der Waals surface area contributed by atoms with E-state index in [1.165, 1.54) is 25.5 Å². The summed E-state index contributed by atoms with van der Waals surface area (Å²) in [4.78, 5) is 0. The third-order valence-electron chi connectivity index (χ3n) is 4.50. The van der Waals surface area contributed by atoms with Crippen molar-refractivity contribution in [2.45, 2.75) is 37.7 Å². The van der Waals surface area contributed by atoms with Gasteiger partial charge in [-0.3, -0.25) is 0 Å². The average molecular weight is 288 g/mol. The summed E-state index contributed by atoms with van der Waals surface area (Å²) in [5.41, 5.74) is 0.173. The van der Waals surface area contributed by atoms with Crippen molar-refractivity contribution >= 4 is 0 Å². The first-order chi connectivity index (χ1) is 10.00. The molecule has 1 N–H and O–H groups in total. The van der Waals surface area contributed by atoms with Crippen molar-refractivity contribution in [3.63, 3.8) is 0 Å². The molecule has 1 aliphatic rings. The van der Waals surface area contributed by atoms with E-state index >= 15 is 0 Å². The molecule has 0 aliphatic heterocycles. The fraction of sp³-hybridized carbons (Fsp3) is 0.333. The van der Waals surface area contributed by atoms with Crippen LogP contribution in [0.2, 0.25) is 0 Å². The Labute approximate surface area is 123 Å². The highest BCUT2D eigenvalue weighted by Gasteiger charge is 2.31. The lowest BCUT2D eigenvalue weighted by atomic mass is 9.78. The predicted octanol–water partition coefficient (Wildman–Crippen LogP) is 4.49. The van der Waals surface area contributed by atoms with E-state index in [1.807, 2.05) is 18.2 Å². The molecule has 0 spiro atoms. The third kappa shape index (κ3) is 2.46. The normalized spacial score (nSPS) is 18.1. The standard InChI is InChI=1S/C18H18F2O/c1-18(21,15-9-4-10-16(19)17(15)20)14-8-3-7-13(11-14)12-5-2-6-12/h3-4,7-12,21H,2,5-6H2,1H3. The van der Waals surface area contributed by atoms with Crippen LogP contribution in [0.1, 0.15) is 48.8 Å². The molecule has 1 fully saturated rings. The molecule has 1 aliphatic carbocycles. The van der Waals surface area contributed by atoms with Crippen LogP contribution in [-0.4, -0.2) is 5.11 Å². The summed E-state index contributed by atoms with van der Waals surface area (Å²) in [5, 5.41) is 10.8. The number of benzene rings is 2. The molecule has 0 heterocycles. The van der Waals surface area contributed by atoms with Crippen LogP contribution in [0.4, 0.5) is 8.78 Å². The molecule has 0 saturated heterocycles. The lowest BCUT2D eigenvalue weighted by molar-refractivity contribution is 0.0968. The highest BCUT2D eigenvalue weighted by Crippen LogP contribution is 2.39. The Morgan fingerprint density at radius 3 is 2.48 bits per heavy atom. The fourth-order valence-electron chi connectivity index (χ4n) is 2.87. The van der Waals surface area contributed by atoms with Gasteiger partial charge in [0.05, 0.1) is 0 Å². The van der Waals surface area contributed by atoms with Gasteiger partial charge in [0.1, 0.15) is 5.60 Å². The van der Waals surface area contributed by atoms with Crippen LogP contribution in [0.25, 0.3) is 0 Å². The highest BCUT2D eigenvalue weighted by molar-refractivity contribution is 5.39. The van der Waals surface area contributed by atoms with Gasteiger partial charge in [-0.2, -0.15) is 0 Å². The molecule has 0 amide bonds. The number of rotatable bonds is 3. The predicted molar refractivity (Wildman–Crippen MR) is 78.1 cm³/mol. The first-order valence-corrected chi connectivity index (χ1v) is 7.27. The summed E-state index contributed by atoms with van der Waals surface area (Å²) >= 11 is 0.